The Hall–Kier alpha value is -2.12. The number of aryl methyl sites for hydroxylation is 2. The molecule has 8 heteroatoms. The number of carbonyl (C=O) groups excluding carboxylic acids is 1. The standard InChI is InChI=1S/C19H21ClN4O2S/c1-10-4-6-14-16(8-10)27-19(21-14)22-18(25)15-7-5-13(26-15)9-24-12(3)17(20)11(2)23-24/h5,7,10H,4,6,8-9H2,1-3H3,(H,21,22,25)/t10-/m1/s1. The van der Waals surface area contributed by atoms with Gasteiger partial charge in [-0.1, -0.05) is 18.5 Å². The predicted molar refractivity (Wildman–Crippen MR) is 106 cm³/mol. The fourth-order valence-corrected chi connectivity index (χ4v) is 4.62. The number of thiazole rings is 1. The van der Waals surface area contributed by atoms with Crippen molar-refractivity contribution in [3.8, 4) is 0 Å². The quantitative estimate of drug-likeness (QED) is 0.688. The van der Waals surface area contributed by atoms with E-state index in [-0.39, 0.29) is 11.7 Å². The van der Waals surface area contributed by atoms with Crippen LogP contribution in [0.4, 0.5) is 5.13 Å². The van der Waals surface area contributed by atoms with Crippen molar-refractivity contribution in [3.63, 3.8) is 0 Å². The number of furan rings is 1. The molecule has 4 rings (SSSR count). The molecule has 3 aromatic heterocycles. The van der Waals surface area contributed by atoms with E-state index in [2.05, 4.69) is 22.3 Å². The minimum atomic E-state index is -0.285. The molecule has 0 saturated heterocycles. The number of anilines is 1. The van der Waals surface area contributed by atoms with Gasteiger partial charge in [0, 0.05) is 4.88 Å². The first kappa shape index (κ1) is 18.3. The van der Waals surface area contributed by atoms with Crippen LogP contribution in [0.1, 0.15) is 51.6 Å². The van der Waals surface area contributed by atoms with Crippen LogP contribution in [0.25, 0.3) is 0 Å². The summed E-state index contributed by atoms with van der Waals surface area (Å²) in [5.41, 5.74) is 2.77. The summed E-state index contributed by atoms with van der Waals surface area (Å²) in [6.07, 6.45) is 3.18. The first-order chi connectivity index (χ1) is 12.9. The third-order valence-corrected chi connectivity index (χ3v) is 6.47. The van der Waals surface area contributed by atoms with Crippen LogP contribution in [0.5, 0.6) is 0 Å². The summed E-state index contributed by atoms with van der Waals surface area (Å²) >= 11 is 7.74. The molecule has 1 N–H and O–H groups in total. The zero-order valence-electron chi connectivity index (χ0n) is 15.5. The lowest BCUT2D eigenvalue weighted by molar-refractivity contribution is 0.0994. The molecule has 6 nitrogen and oxygen atoms in total. The molecular formula is C19H21ClN4O2S. The smallest absolute Gasteiger partial charge is 0.293 e. The number of hydrogen-bond acceptors (Lipinski definition) is 5. The second kappa shape index (κ2) is 7.13. The Labute approximate surface area is 166 Å². The van der Waals surface area contributed by atoms with Crippen LogP contribution in [-0.4, -0.2) is 20.7 Å². The van der Waals surface area contributed by atoms with Crippen molar-refractivity contribution in [2.45, 2.75) is 46.6 Å². The molecule has 0 unspecified atom stereocenters. The number of rotatable bonds is 4. The average molecular weight is 405 g/mol. The topological polar surface area (TPSA) is 73.0 Å². The Morgan fingerprint density at radius 3 is 3.00 bits per heavy atom. The molecule has 142 valence electrons. The number of fused-ring (bicyclic) bond motifs is 1. The summed E-state index contributed by atoms with van der Waals surface area (Å²) in [4.78, 5) is 18.3. The minimum absolute atomic E-state index is 0.263. The van der Waals surface area contributed by atoms with Crippen molar-refractivity contribution >= 4 is 34.0 Å². The Kier molecular flexibility index (Phi) is 4.82. The van der Waals surface area contributed by atoms with E-state index in [1.165, 1.54) is 4.88 Å². The SMILES string of the molecule is Cc1nn(Cc2ccc(C(=O)Nc3nc4c(s3)C[C@H](C)CC4)o2)c(C)c1Cl. The molecule has 1 aliphatic rings. The number of carbonyl (C=O) groups is 1. The van der Waals surface area contributed by atoms with Crippen LogP contribution in [0.3, 0.4) is 0 Å². The molecule has 3 heterocycles. The van der Waals surface area contributed by atoms with Gasteiger partial charge in [-0.3, -0.25) is 14.8 Å². The zero-order chi connectivity index (χ0) is 19.1. The Morgan fingerprint density at radius 1 is 1.44 bits per heavy atom. The number of halogens is 1. The van der Waals surface area contributed by atoms with E-state index in [1.54, 1.807) is 28.2 Å². The summed E-state index contributed by atoms with van der Waals surface area (Å²) in [6, 6.07) is 3.46. The lowest BCUT2D eigenvalue weighted by Gasteiger charge is -2.15. The Bertz CT molecular complexity index is 1000. The van der Waals surface area contributed by atoms with Gasteiger partial charge in [-0.2, -0.15) is 5.10 Å². The molecule has 0 aliphatic heterocycles. The highest BCUT2D eigenvalue weighted by Gasteiger charge is 2.21. The number of nitrogens with zero attached hydrogens (tertiary/aromatic N) is 3. The van der Waals surface area contributed by atoms with Gasteiger partial charge in [0.15, 0.2) is 10.9 Å². The molecule has 3 aromatic rings. The van der Waals surface area contributed by atoms with E-state index in [1.807, 2.05) is 13.8 Å². The largest absolute Gasteiger partial charge is 0.454 e. The fraction of sp³-hybridized carbons (Fsp3) is 0.421. The van der Waals surface area contributed by atoms with Crippen LogP contribution < -0.4 is 5.32 Å². The van der Waals surface area contributed by atoms with Gasteiger partial charge < -0.3 is 4.42 Å². The highest BCUT2D eigenvalue weighted by atomic mass is 35.5. The molecule has 0 aromatic carbocycles. The van der Waals surface area contributed by atoms with Crippen LogP contribution in [-0.2, 0) is 19.4 Å². The molecule has 0 spiro atoms. The highest BCUT2D eigenvalue weighted by Crippen LogP contribution is 2.32. The van der Waals surface area contributed by atoms with Gasteiger partial charge in [-0.25, -0.2) is 4.98 Å². The van der Waals surface area contributed by atoms with Gasteiger partial charge in [-0.05, 0) is 51.2 Å². The minimum Gasteiger partial charge on any atom is -0.454 e. The maximum absolute atomic E-state index is 12.5. The van der Waals surface area contributed by atoms with Crippen molar-refractivity contribution in [1.82, 2.24) is 14.8 Å². The van der Waals surface area contributed by atoms with Crippen LogP contribution >= 0.6 is 22.9 Å². The van der Waals surface area contributed by atoms with E-state index in [0.29, 0.717) is 28.4 Å². The maximum atomic E-state index is 12.5. The molecule has 0 radical (unpaired) electrons. The van der Waals surface area contributed by atoms with Crippen molar-refractivity contribution < 1.29 is 9.21 Å². The van der Waals surface area contributed by atoms with E-state index in [0.717, 1.165) is 36.3 Å². The summed E-state index contributed by atoms with van der Waals surface area (Å²) in [6.45, 7) is 6.45. The highest BCUT2D eigenvalue weighted by molar-refractivity contribution is 7.15. The third kappa shape index (κ3) is 3.66. The monoisotopic (exact) mass is 404 g/mol. The molecular weight excluding hydrogens is 384 g/mol. The van der Waals surface area contributed by atoms with Gasteiger partial charge in [0.2, 0.25) is 0 Å². The van der Waals surface area contributed by atoms with E-state index < -0.39 is 0 Å². The molecule has 1 atom stereocenters. The lowest BCUT2D eigenvalue weighted by Crippen LogP contribution is -2.11. The first-order valence-electron chi connectivity index (χ1n) is 8.99. The van der Waals surface area contributed by atoms with Gasteiger partial charge in [0.25, 0.3) is 5.91 Å². The maximum Gasteiger partial charge on any atom is 0.293 e. The lowest BCUT2D eigenvalue weighted by atomic mass is 9.93. The molecule has 1 amide bonds. The van der Waals surface area contributed by atoms with Crippen molar-refractivity contribution in [2.24, 2.45) is 5.92 Å². The number of nitrogens with one attached hydrogen (secondary N) is 1. The summed E-state index contributed by atoms with van der Waals surface area (Å²) in [7, 11) is 0. The summed E-state index contributed by atoms with van der Waals surface area (Å²) in [5.74, 6) is 1.30. The molecule has 0 fully saturated rings. The molecule has 1 aliphatic carbocycles. The van der Waals surface area contributed by atoms with E-state index in [4.69, 9.17) is 16.0 Å². The molecule has 0 bridgehead atoms. The van der Waals surface area contributed by atoms with Crippen molar-refractivity contribution in [1.29, 1.82) is 0 Å². The second-order valence-corrected chi connectivity index (χ2v) is 8.56. The van der Waals surface area contributed by atoms with Gasteiger partial charge in [0.05, 0.1) is 28.6 Å². The van der Waals surface area contributed by atoms with Crippen molar-refractivity contribution in [2.75, 3.05) is 5.32 Å². The van der Waals surface area contributed by atoms with Gasteiger partial charge in [-0.15, -0.1) is 11.3 Å². The third-order valence-electron chi connectivity index (χ3n) is 4.89. The number of amides is 1. The summed E-state index contributed by atoms with van der Waals surface area (Å²) in [5, 5.41) is 8.54. The molecule has 27 heavy (non-hydrogen) atoms. The average Bonchev–Trinajstić information content (AvgIpc) is 3.30. The fourth-order valence-electron chi connectivity index (χ4n) is 3.31. The van der Waals surface area contributed by atoms with Crippen molar-refractivity contribution in [3.05, 3.63) is 50.6 Å². The zero-order valence-corrected chi connectivity index (χ0v) is 17.1. The second-order valence-electron chi connectivity index (χ2n) is 7.10. The van der Waals surface area contributed by atoms with E-state index in [9.17, 15) is 4.79 Å². The normalized spacial score (nSPS) is 16.4. The van der Waals surface area contributed by atoms with Gasteiger partial charge >= 0.3 is 0 Å². The van der Waals surface area contributed by atoms with Crippen LogP contribution in [0.15, 0.2) is 16.5 Å². The molecule has 0 saturated carbocycles. The predicted octanol–water partition coefficient (Wildman–Crippen LogP) is 4.63. The number of aromatic nitrogens is 3. The summed E-state index contributed by atoms with van der Waals surface area (Å²) < 4.78 is 7.48. The van der Waals surface area contributed by atoms with Crippen LogP contribution in [0.2, 0.25) is 5.02 Å². The van der Waals surface area contributed by atoms with E-state index >= 15 is 0 Å². The van der Waals surface area contributed by atoms with Crippen LogP contribution in [0, 0.1) is 19.8 Å². The first-order valence-corrected chi connectivity index (χ1v) is 10.2. The Balaban J connectivity index is 1.45. The number of hydrogen-bond donors (Lipinski definition) is 1. The van der Waals surface area contributed by atoms with Gasteiger partial charge in [0.1, 0.15) is 5.76 Å². The Morgan fingerprint density at radius 2 is 2.26 bits per heavy atom.